The topological polar surface area (TPSA) is 38.0 Å². The molecule has 0 aliphatic heterocycles. The summed E-state index contributed by atoms with van der Waals surface area (Å²) in [4.78, 5) is 2.69. The maximum absolute atomic E-state index is 5.54. The van der Waals surface area contributed by atoms with Gasteiger partial charge in [0.05, 0.1) is 6.04 Å². The molecule has 0 aromatic carbocycles. The van der Waals surface area contributed by atoms with Crippen molar-refractivity contribution in [2.24, 2.45) is 5.84 Å². The van der Waals surface area contributed by atoms with Crippen molar-refractivity contribution >= 4 is 23.1 Å². The monoisotopic (exact) mass is 230 g/mol. The van der Waals surface area contributed by atoms with Crippen molar-refractivity contribution in [1.29, 1.82) is 0 Å². The van der Waals surface area contributed by atoms with Crippen molar-refractivity contribution in [2.45, 2.75) is 26.3 Å². The van der Waals surface area contributed by atoms with Gasteiger partial charge < -0.3 is 0 Å². The highest BCUT2D eigenvalue weighted by Gasteiger charge is 2.10. The Bertz CT molecular complexity index is 260. The minimum atomic E-state index is 0.310. The zero-order chi connectivity index (χ0) is 10.4. The predicted molar refractivity (Wildman–Crippen MR) is 66.7 cm³/mol. The van der Waals surface area contributed by atoms with E-state index in [1.54, 1.807) is 0 Å². The molecule has 0 saturated carbocycles. The SMILES string of the molecule is CCCSCC(NN)c1ccc(C)s1. The zero-order valence-electron chi connectivity index (χ0n) is 8.75. The molecule has 80 valence electrons. The number of hydrogen-bond acceptors (Lipinski definition) is 4. The smallest absolute Gasteiger partial charge is 0.0643 e. The summed E-state index contributed by atoms with van der Waals surface area (Å²) < 4.78 is 0. The van der Waals surface area contributed by atoms with Crippen LogP contribution in [-0.2, 0) is 0 Å². The van der Waals surface area contributed by atoms with Gasteiger partial charge >= 0.3 is 0 Å². The van der Waals surface area contributed by atoms with Gasteiger partial charge in [-0.2, -0.15) is 11.8 Å². The highest BCUT2D eigenvalue weighted by atomic mass is 32.2. The number of rotatable bonds is 6. The first-order chi connectivity index (χ1) is 6.77. The molecule has 0 fully saturated rings. The van der Waals surface area contributed by atoms with Crippen molar-refractivity contribution in [2.75, 3.05) is 11.5 Å². The summed E-state index contributed by atoms with van der Waals surface area (Å²) in [7, 11) is 0. The van der Waals surface area contributed by atoms with E-state index in [4.69, 9.17) is 5.84 Å². The van der Waals surface area contributed by atoms with Crippen LogP contribution in [0.25, 0.3) is 0 Å². The van der Waals surface area contributed by atoms with Gasteiger partial charge in [-0.25, -0.2) is 0 Å². The molecule has 1 rings (SSSR count). The number of hydrogen-bond donors (Lipinski definition) is 2. The molecule has 1 heterocycles. The highest BCUT2D eigenvalue weighted by Crippen LogP contribution is 2.25. The van der Waals surface area contributed by atoms with Gasteiger partial charge in [0.1, 0.15) is 0 Å². The fourth-order valence-corrected chi connectivity index (χ4v) is 3.21. The Morgan fingerprint density at radius 1 is 1.57 bits per heavy atom. The molecule has 1 unspecified atom stereocenters. The van der Waals surface area contributed by atoms with Crippen molar-refractivity contribution in [1.82, 2.24) is 5.43 Å². The molecule has 14 heavy (non-hydrogen) atoms. The Kier molecular flexibility index (Phi) is 5.55. The lowest BCUT2D eigenvalue weighted by molar-refractivity contribution is 0.620. The Labute approximate surface area is 94.2 Å². The van der Waals surface area contributed by atoms with Crippen LogP contribution in [0.1, 0.15) is 29.1 Å². The molecule has 0 bridgehead atoms. The van der Waals surface area contributed by atoms with E-state index in [-0.39, 0.29) is 0 Å². The van der Waals surface area contributed by atoms with Crippen LogP contribution in [0.4, 0.5) is 0 Å². The maximum atomic E-state index is 5.54. The molecule has 0 amide bonds. The number of thiophene rings is 1. The summed E-state index contributed by atoms with van der Waals surface area (Å²) in [6, 6.07) is 4.62. The zero-order valence-corrected chi connectivity index (χ0v) is 10.4. The number of hydrazine groups is 1. The molecule has 3 N–H and O–H groups in total. The molecule has 4 heteroatoms. The first-order valence-corrected chi connectivity index (χ1v) is 6.85. The van der Waals surface area contributed by atoms with Crippen molar-refractivity contribution < 1.29 is 0 Å². The number of nitrogens with one attached hydrogen (secondary N) is 1. The normalized spacial score (nSPS) is 13.1. The quantitative estimate of drug-likeness (QED) is 0.448. The van der Waals surface area contributed by atoms with Gasteiger partial charge in [0.15, 0.2) is 0 Å². The second-order valence-corrected chi connectivity index (χ2v) is 5.71. The van der Waals surface area contributed by atoms with E-state index in [9.17, 15) is 0 Å². The van der Waals surface area contributed by atoms with E-state index in [0.717, 1.165) is 5.75 Å². The summed E-state index contributed by atoms with van der Waals surface area (Å²) in [6.45, 7) is 4.33. The van der Waals surface area contributed by atoms with E-state index < -0.39 is 0 Å². The van der Waals surface area contributed by atoms with Crippen molar-refractivity contribution in [3.05, 3.63) is 21.9 Å². The van der Waals surface area contributed by atoms with E-state index in [0.29, 0.717) is 6.04 Å². The standard InChI is InChI=1S/C10H18N2S2/c1-3-6-13-7-9(12-11)10-5-4-8(2)14-10/h4-5,9,12H,3,6-7,11H2,1-2H3. The molecule has 0 spiro atoms. The van der Waals surface area contributed by atoms with Crippen molar-refractivity contribution in [3.8, 4) is 0 Å². The van der Waals surface area contributed by atoms with Gasteiger partial charge in [-0.15, -0.1) is 11.3 Å². The van der Waals surface area contributed by atoms with E-state index in [1.165, 1.54) is 21.9 Å². The third-order valence-corrected chi connectivity index (χ3v) is 4.32. The lowest BCUT2D eigenvalue weighted by Gasteiger charge is -2.13. The number of thioether (sulfide) groups is 1. The minimum absolute atomic E-state index is 0.310. The number of aryl methyl sites for hydroxylation is 1. The molecule has 1 aromatic heterocycles. The van der Waals surface area contributed by atoms with E-state index in [1.807, 2.05) is 23.1 Å². The van der Waals surface area contributed by atoms with Crippen LogP contribution in [0.5, 0.6) is 0 Å². The van der Waals surface area contributed by atoms with Gasteiger partial charge in [-0.1, -0.05) is 6.92 Å². The van der Waals surface area contributed by atoms with E-state index in [2.05, 4.69) is 31.4 Å². The van der Waals surface area contributed by atoms with Gasteiger partial charge in [-0.05, 0) is 31.2 Å². The predicted octanol–water partition coefficient (Wildman–Crippen LogP) is 2.70. The molecule has 0 saturated heterocycles. The number of nitrogens with two attached hydrogens (primary N) is 1. The van der Waals surface area contributed by atoms with Crippen LogP contribution in [0, 0.1) is 6.92 Å². The molecular weight excluding hydrogens is 212 g/mol. The van der Waals surface area contributed by atoms with E-state index >= 15 is 0 Å². The van der Waals surface area contributed by atoms with Gasteiger partial charge in [0.2, 0.25) is 0 Å². The van der Waals surface area contributed by atoms with Gasteiger partial charge in [-0.3, -0.25) is 11.3 Å². The minimum Gasteiger partial charge on any atom is -0.271 e. The molecule has 1 aromatic rings. The average Bonchev–Trinajstić information content (AvgIpc) is 2.60. The molecular formula is C10H18N2S2. The Hall–Kier alpha value is -0.0300. The second-order valence-electron chi connectivity index (χ2n) is 3.24. The molecule has 0 radical (unpaired) electrons. The Morgan fingerprint density at radius 3 is 2.86 bits per heavy atom. The molecule has 1 atom stereocenters. The molecule has 0 aliphatic carbocycles. The second kappa shape index (κ2) is 6.45. The third kappa shape index (κ3) is 3.61. The Morgan fingerprint density at radius 2 is 2.36 bits per heavy atom. The maximum Gasteiger partial charge on any atom is 0.0643 e. The molecule has 0 aliphatic rings. The Balaban J connectivity index is 2.45. The van der Waals surface area contributed by atoms with Crippen LogP contribution in [-0.4, -0.2) is 11.5 Å². The lowest BCUT2D eigenvalue weighted by Crippen LogP contribution is -2.29. The summed E-state index contributed by atoms with van der Waals surface area (Å²) in [5.74, 6) is 7.81. The summed E-state index contributed by atoms with van der Waals surface area (Å²) in [6.07, 6.45) is 1.23. The molecule has 2 nitrogen and oxygen atoms in total. The summed E-state index contributed by atoms with van der Waals surface area (Å²) in [5.41, 5.74) is 2.88. The van der Waals surface area contributed by atoms with Crippen LogP contribution in [0.2, 0.25) is 0 Å². The third-order valence-electron chi connectivity index (χ3n) is 1.94. The van der Waals surface area contributed by atoms with Crippen LogP contribution >= 0.6 is 23.1 Å². The van der Waals surface area contributed by atoms with Crippen LogP contribution in [0.3, 0.4) is 0 Å². The largest absolute Gasteiger partial charge is 0.271 e. The highest BCUT2D eigenvalue weighted by molar-refractivity contribution is 7.99. The summed E-state index contributed by atoms with van der Waals surface area (Å²) in [5, 5.41) is 0. The first kappa shape index (κ1) is 12.0. The lowest BCUT2D eigenvalue weighted by atomic mass is 10.3. The van der Waals surface area contributed by atoms with Crippen LogP contribution < -0.4 is 11.3 Å². The van der Waals surface area contributed by atoms with Gasteiger partial charge in [0, 0.05) is 15.5 Å². The fourth-order valence-electron chi connectivity index (χ4n) is 1.20. The van der Waals surface area contributed by atoms with Crippen molar-refractivity contribution in [3.63, 3.8) is 0 Å². The summed E-state index contributed by atoms with van der Waals surface area (Å²) >= 11 is 3.78. The fraction of sp³-hybridized carbons (Fsp3) is 0.600. The van der Waals surface area contributed by atoms with Crippen LogP contribution in [0.15, 0.2) is 12.1 Å². The average molecular weight is 230 g/mol. The first-order valence-electron chi connectivity index (χ1n) is 4.88. The van der Waals surface area contributed by atoms with Gasteiger partial charge in [0.25, 0.3) is 0 Å².